The minimum atomic E-state index is -0.320. The van der Waals surface area contributed by atoms with Crippen molar-refractivity contribution in [1.29, 1.82) is 0 Å². The maximum Gasteiger partial charge on any atom is 0.135 e. The molecule has 1 aromatic rings. The van der Waals surface area contributed by atoms with Gasteiger partial charge in [0.15, 0.2) is 0 Å². The molecule has 2 N–H and O–H groups in total. The first kappa shape index (κ1) is 27.8. The van der Waals surface area contributed by atoms with Crippen LogP contribution in [0.3, 0.4) is 0 Å². The normalized spacial score (nSPS) is 40.1. The van der Waals surface area contributed by atoms with Crippen LogP contribution in [-0.2, 0) is 0 Å². The van der Waals surface area contributed by atoms with E-state index in [1.165, 1.54) is 0 Å². The predicted octanol–water partition coefficient (Wildman–Crippen LogP) is 10.1. The maximum atomic E-state index is 11.5. The molecule has 8 heteroatoms. The Morgan fingerprint density at radius 3 is 1.22 bits per heavy atom. The maximum absolute atomic E-state index is 11.5. The number of allylic oxidation sites excluding steroid dienone is 4. The molecule has 1 aromatic carbocycles. The van der Waals surface area contributed by atoms with Gasteiger partial charge in [0.05, 0.1) is 8.95 Å². The minimum absolute atomic E-state index is 0.122. The number of halogens is 6. The van der Waals surface area contributed by atoms with Crippen molar-refractivity contribution < 1.29 is 10.2 Å². The number of alkyl halides is 4. The highest BCUT2D eigenvalue weighted by Gasteiger charge is 2.48. The third kappa shape index (κ3) is 5.02. The molecule has 2 aliphatic rings. The Kier molecular flexibility index (Phi) is 7.75. The van der Waals surface area contributed by atoms with E-state index < -0.39 is 0 Å². The molecular weight excluding hydrogens is 800 g/mol. The standard InChI is InChI=1S/C24H28Br6O2/c1-11-7-21(3,27)9-23(5,29)15(11)13-17(25)20(32)14(18(26)19(13)31)16-12(2)8-22(4,28)10-24(16,6)30/h7-8,15-16,31-32H,9-10H2,1-6H3. The smallest absolute Gasteiger partial charge is 0.135 e. The summed E-state index contributed by atoms with van der Waals surface area (Å²) in [4.78, 5) is 0. The van der Waals surface area contributed by atoms with Crippen LogP contribution in [0.15, 0.2) is 32.2 Å². The van der Waals surface area contributed by atoms with Gasteiger partial charge in [0, 0.05) is 40.3 Å². The van der Waals surface area contributed by atoms with Crippen molar-refractivity contribution in [2.75, 3.05) is 0 Å². The Morgan fingerprint density at radius 2 is 0.969 bits per heavy atom. The van der Waals surface area contributed by atoms with Crippen LogP contribution in [0.2, 0.25) is 0 Å². The van der Waals surface area contributed by atoms with Gasteiger partial charge in [-0.3, -0.25) is 0 Å². The average Bonchev–Trinajstić information content (AvgIpc) is 2.54. The van der Waals surface area contributed by atoms with Crippen molar-refractivity contribution in [2.24, 2.45) is 0 Å². The molecule has 178 valence electrons. The third-order valence-corrected chi connectivity index (χ3v) is 10.6. The molecule has 0 spiro atoms. The number of phenols is 2. The van der Waals surface area contributed by atoms with E-state index in [-0.39, 0.29) is 40.6 Å². The molecule has 0 saturated carbocycles. The number of hydrogen-bond acceptors (Lipinski definition) is 2. The molecule has 0 fully saturated rings. The first-order valence-electron chi connectivity index (χ1n) is 10.4. The predicted molar refractivity (Wildman–Crippen MR) is 157 cm³/mol. The van der Waals surface area contributed by atoms with Gasteiger partial charge in [-0.05, 0) is 86.2 Å². The highest BCUT2D eigenvalue weighted by Crippen LogP contribution is 2.61. The zero-order chi connectivity index (χ0) is 24.6. The van der Waals surface area contributed by atoms with Gasteiger partial charge in [-0.25, -0.2) is 0 Å². The van der Waals surface area contributed by atoms with E-state index in [1.807, 2.05) is 0 Å². The lowest BCUT2D eigenvalue weighted by atomic mass is 9.70. The zero-order valence-electron chi connectivity index (χ0n) is 18.9. The van der Waals surface area contributed by atoms with E-state index in [0.717, 1.165) is 24.0 Å². The van der Waals surface area contributed by atoms with Crippen LogP contribution in [0, 0.1) is 0 Å². The first-order chi connectivity index (χ1) is 14.3. The molecule has 6 unspecified atom stereocenters. The van der Waals surface area contributed by atoms with Crippen molar-refractivity contribution in [2.45, 2.75) is 83.5 Å². The molecule has 3 rings (SSSR count). The number of phenolic OH excluding ortho intramolecular Hbond substituents is 2. The van der Waals surface area contributed by atoms with Gasteiger partial charge >= 0.3 is 0 Å². The molecular formula is C24H28Br6O2. The molecule has 0 aliphatic heterocycles. The van der Waals surface area contributed by atoms with E-state index in [2.05, 4.69) is 149 Å². The van der Waals surface area contributed by atoms with Crippen LogP contribution in [0.1, 0.15) is 77.3 Å². The number of aromatic hydroxyl groups is 2. The van der Waals surface area contributed by atoms with Crippen molar-refractivity contribution in [1.82, 2.24) is 0 Å². The molecule has 0 bridgehead atoms. The van der Waals surface area contributed by atoms with Gasteiger partial charge in [-0.2, -0.15) is 0 Å². The van der Waals surface area contributed by atoms with Crippen LogP contribution in [0.5, 0.6) is 11.5 Å². The van der Waals surface area contributed by atoms with Gasteiger partial charge in [0.2, 0.25) is 0 Å². The molecule has 2 aliphatic carbocycles. The lowest BCUT2D eigenvalue weighted by Crippen LogP contribution is -2.39. The van der Waals surface area contributed by atoms with Crippen LogP contribution in [0.4, 0.5) is 0 Å². The van der Waals surface area contributed by atoms with Crippen LogP contribution in [0.25, 0.3) is 0 Å². The molecule has 0 aromatic heterocycles. The highest BCUT2D eigenvalue weighted by molar-refractivity contribution is 9.11. The lowest BCUT2D eigenvalue weighted by Gasteiger charge is -2.45. The summed E-state index contributed by atoms with van der Waals surface area (Å²) in [7, 11) is 0. The van der Waals surface area contributed by atoms with Crippen LogP contribution >= 0.6 is 95.6 Å². The second-order valence-corrected chi connectivity index (χ2v) is 19.1. The van der Waals surface area contributed by atoms with Crippen molar-refractivity contribution >= 4 is 95.6 Å². The summed E-state index contributed by atoms with van der Waals surface area (Å²) in [6.45, 7) is 12.7. The molecule has 0 heterocycles. The fourth-order valence-corrected chi connectivity index (χ4v) is 12.3. The SMILES string of the molecule is CC1=CC(C)(Br)CC(C)(Br)C1c1c(O)c(Br)c(C2C(C)=CC(C)(Br)CC2(C)Br)c(O)c1Br. The average molecular weight is 828 g/mol. The van der Waals surface area contributed by atoms with E-state index in [4.69, 9.17) is 0 Å². The van der Waals surface area contributed by atoms with Gasteiger partial charge in [0.25, 0.3) is 0 Å². The van der Waals surface area contributed by atoms with Crippen LogP contribution in [-0.4, -0.2) is 27.5 Å². The molecule has 0 saturated heterocycles. The van der Waals surface area contributed by atoms with Crippen LogP contribution < -0.4 is 0 Å². The second kappa shape index (κ2) is 8.93. The largest absolute Gasteiger partial charge is 0.506 e. The summed E-state index contributed by atoms with van der Waals surface area (Å²) in [5.41, 5.74) is 3.62. The van der Waals surface area contributed by atoms with E-state index in [9.17, 15) is 10.2 Å². The third-order valence-electron chi connectivity index (χ3n) is 6.53. The molecule has 2 nitrogen and oxygen atoms in total. The quantitative estimate of drug-likeness (QED) is 0.177. The van der Waals surface area contributed by atoms with Crippen molar-refractivity contribution in [3.63, 3.8) is 0 Å². The number of rotatable bonds is 2. The Bertz CT molecular complexity index is 910. The Labute approximate surface area is 241 Å². The topological polar surface area (TPSA) is 40.5 Å². The summed E-state index contributed by atoms with van der Waals surface area (Å²) in [5, 5.41) is 23.0. The highest BCUT2D eigenvalue weighted by atomic mass is 79.9. The minimum Gasteiger partial charge on any atom is -0.506 e. The summed E-state index contributed by atoms with van der Waals surface area (Å²) < 4.78 is 0.157. The molecule has 0 amide bonds. The molecule has 32 heavy (non-hydrogen) atoms. The Balaban J connectivity index is 2.28. The van der Waals surface area contributed by atoms with Gasteiger partial charge < -0.3 is 10.2 Å². The molecule has 6 atom stereocenters. The van der Waals surface area contributed by atoms with Crippen molar-refractivity contribution in [3.8, 4) is 11.5 Å². The summed E-state index contributed by atoms with van der Waals surface area (Å²) in [6, 6.07) is 0. The van der Waals surface area contributed by atoms with Gasteiger partial charge in [-0.1, -0.05) is 87.0 Å². The summed E-state index contributed by atoms with van der Waals surface area (Å²) >= 11 is 22.9. The summed E-state index contributed by atoms with van der Waals surface area (Å²) in [5.74, 6) is 0.0787. The number of hydrogen-bond donors (Lipinski definition) is 2. The molecule has 0 radical (unpaired) electrons. The van der Waals surface area contributed by atoms with Gasteiger partial charge in [0.1, 0.15) is 11.5 Å². The fourth-order valence-electron chi connectivity index (χ4n) is 6.01. The monoisotopic (exact) mass is 822 g/mol. The van der Waals surface area contributed by atoms with E-state index >= 15 is 0 Å². The zero-order valence-corrected chi connectivity index (χ0v) is 28.4. The lowest BCUT2D eigenvalue weighted by molar-refractivity contribution is 0.404. The second-order valence-electron chi connectivity index (χ2n) is 10.3. The Hall–Kier alpha value is 1.18. The number of benzene rings is 1. The van der Waals surface area contributed by atoms with E-state index in [0.29, 0.717) is 20.1 Å². The first-order valence-corrected chi connectivity index (χ1v) is 15.1. The Morgan fingerprint density at radius 1 is 0.688 bits per heavy atom. The van der Waals surface area contributed by atoms with E-state index in [1.54, 1.807) is 0 Å². The summed E-state index contributed by atoms with van der Waals surface area (Å²) in [6.07, 6.45) is 6.04. The van der Waals surface area contributed by atoms with Crippen molar-refractivity contribution in [3.05, 3.63) is 43.4 Å². The fraction of sp³-hybridized carbons (Fsp3) is 0.583. The van der Waals surface area contributed by atoms with Gasteiger partial charge in [-0.15, -0.1) is 0 Å².